The largest absolute Gasteiger partial charge is 0.488 e. The highest BCUT2D eigenvalue weighted by atomic mass is 32.2. The molecule has 0 amide bonds. The van der Waals surface area contributed by atoms with Crippen molar-refractivity contribution in [3.63, 3.8) is 0 Å². The van der Waals surface area contributed by atoms with Crippen LogP contribution < -0.4 is 5.46 Å². The topological polar surface area (TPSA) is 40.5 Å². The van der Waals surface area contributed by atoms with Gasteiger partial charge in [0.15, 0.2) is 0 Å². The van der Waals surface area contributed by atoms with E-state index >= 15 is 0 Å². The fraction of sp³-hybridized carbons (Fsp3) is 0.500. The molecule has 0 aliphatic heterocycles. The molecule has 0 saturated carbocycles. The third kappa shape index (κ3) is 4.20. The van der Waals surface area contributed by atoms with Crippen LogP contribution in [0.25, 0.3) is 0 Å². The third-order valence-electron chi connectivity index (χ3n) is 2.69. The van der Waals surface area contributed by atoms with Crippen LogP contribution in [0.1, 0.15) is 25.8 Å². The number of rotatable bonds is 6. The van der Waals surface area contributed by atoms with E-state index in [4.69, 9.17) is 0 Å². The minimum absolute atomic E-state index is 0.624. The summed E-state index contributed by atoms with van der Waals surface area (Å²) in [5.41, 5.74) is 1.64. The summed E-state index contributed by atoms with van der Waals surface area (Å²) in [7, 11) is -1.36. The minimum Gasteiger partial charge on any atom is -0.423 e. The molecule has 0 fully saturated rings. The molecular formula is C12H19BO2S. The van der Waals surface area contributed by atoms with Gasteiger partial charge in [0.25, 0.3) is 0 Å². The molecule has 4 heteroatoms. The molecule has 1 atom stereocenters. The summed E-state index contributed by atoms with van der Waals surface area (Å²) in [6.45, 7) is 4.43. The van der Waals surface area contributed by atoms with Crippen LogP contribution in [-0.4, -0.2) is 22.9 Å². The predicted molar refractivity (Wildman–Crippen MR) is 71.9 cm³/mol. The minimum atomic E-state index is -1.36. The first-order valence-corrected chi connectivity index (χ1v) is 6.82. The fourth-order valence-corrected chi connectivity index (χ4v) is 2.64. The maximum Gasteiger partial charge on any atom is 0.488 e. The quantitative estimate of drug-likeness (QED) is 0.740. The van der Waals surface area contributed by atoms with E-state index in [0.29, 0.717) is 5.46 Å². The van der Waals surface area contributed by atoms with Gasteiger partial charge in [-0.3, -0.25) is 0 Å². The molecule has 0 aliphatic rings. The van der Waals surface area contributed by atoms with Crippen molar-refractivity contribution in [2.45, 2.75) is 26.0 Å². The summed E-state index contributed by atoms with van der Waals surface area (Å²) in [4.78, 5) is 0. The van der Waals surface area contributed by atoms with Crippen molar-refractivity contribution in [1.29, 1.82) is 0 Å². The van der Waals surface area contributed by atoms with Crippen LogP contribution >= 0.6 is 11.8 Å². The highest BCUT2D eigenvalue weighted by Gasteiger charge is 2.14. The van der Waals surface area contributed by atoms with Gasteiger partial charge in [-0.15, -0.1) is 0 Å². The molecule has 1 unspecified atom stereocenters. The maximum atomic E-state index is 9.21. The van der Waals surface area contributed by atoms with Gasteiger partial charge in [-0.05, 0) is 22.7 Å². The molecule has 1 aromatic carbocycles. The highest BCUT2D eigenvalue weighted by Crippen LogP contribution is 2.16. The fourth-order valence-electron chi connectivity index (χ4n) is 1.41. The Morgan fingerprint density at radius 3 is 2.62 bits per heavy atom. The predicted octanol–water partition coefficient (Wildman–Crippen LogP) is 1.65. The Morgan fingerprint density at radius 1 is 1.31 bits per heavy atom. The number of benzene rings is 1. The second kappa shape index (κ2) is 6.99. The maximum absolute atomic E-state index is 9.21. The zero-order valence-corrected chi connectivity index (χ0v) is 10.7. The molecule has 88 valence electrons. The van der Waals surface area contributed by atoms with Gasteiger partial charge in [0, 0.05) is 5.75 Å². The lowest BCUT2D eigenvalue weighted by molar-refractivity contribution is 0.425. The molecule has 2 N–H and O–H groups in total. The lowest BCUT2D eigenvalue weighted by Crippen LogP contribution is -2.32. The van der Waals surface area contributed by atoms with Gasteiger partial charge in [-0.2, -0.15) is 11.8 Å². The molecule has 2 nitrogen and oxygen atoms in total. The zero-order chi connectivity index (χ0) is 12.0. The average molecular weight is 238 g/mol. The van der Waals surface area contributed by atoms with Crippen LogP contribution in [0.15, 0.2) is 24.3 Å². The monoisotopic (exact) mass is 238 g/mol. The summed E-state index contributed by atoms with van der Waals surface area (Å²) in [5.74, 6) is 2.68. The number of thioether (sulfide) groups is 1. The first-order valence-electron chi connectivity index (χ1n) is 5.66. The van der Waals surface area contributed by atoms with Gasteiger partial charge in [0.1, 0.15) is 0 Å². The first-order chi connectivity index (χ1) is 7.65. The van der Waals surface area contributed by atoms with Crippen molar-refractivity contribution in [1.82, 2.24) is 0 Å². The molecule has 0 aliphatic carbocycles. The normalized spacial score (nSPS) is 12.5. The van der Waals surface area contributed by atoms with Crippen LogP contribution in [-0.2, 0) is 5.75 Å². The molecule has 0 saturated heterocycles. The van der Waals surface area contributed by atoms with Gasteiger partial charge in [-0.25, -0.2) is 0 Å². The van der Waals surface area contributed by atoms with Gasteiger partial charge < -0.3 is 10.0 Å². The Morgan fingerprint density at radius 2 is 2.00 bits per heavy atom. The smallest absolute Gasteiger partial charge is 0.423 e. The van der Waals surface area contributed by atoms with E-state index in [-0.39, 0.29) is 0 Å². The van der Waals surface area contributed by atoms with Crippen LogP contribution in [0, 0.1) is 5.92 Å². The second-order valence-corrected chi connectivity index (χ2v) is 5.13. The van der Waals surface area contributed by atoms with Gasteiger partial charge in [0.05, 0.1) is 0 Å². The number of hydrogen-bond donors (Lipinski definition) is 2. The van der Waals surface area contributed by atoms with Crippen LogP contribution in [0.3, 0.4) is 0 Å². The standard InChI is InChI=1S/C12H19BO2S/c1-3-10(2)8-16-9-11-6-4-5-7-12(11)13(14)15/h4-7,10,14-15H,3,8-9H2,1-2H3. The molecule has 1 rings (SSSR count). The van der Waals surface area contributed by atoms with E-state index in [1.54, 1.807) is 6.07 Å². The summed E-state index contributed by atoms with van der Waals surface area (Å²) >= 11 is 1.85. The molecule has 0 radical (unpaired) electrons. The molecule has 0 aromatic heterocycles. The third-order valence-corrected chi connectivity index (χ3v) is 4.01. The van der Waals surface area contributed by atoms with Crippen LogP contribution in [0.5, 0.6) is 0 Å². The Kier molecular flexibility index (Phi) is 5.95. The van der Waals surface area contributed by atoms with Gasteiger partial charge in [-0.1, -0.05) is 44.5 Å². The molecule has 1 aromatic rings. The highest BCUT2D eigenvalue weighted by molar-refractivity contribution is 7.98. The molecular weight excluding hydrogens is 219 g/mol. The Balaban J connectivity index is 2.53. The van der Waals surface area contributed by atoms with Crippen molar-refractivity contribution < 1.29 is 10.0 Å². The van der Waals surface area contributed by atoms with Gasteiger partial charge in [0.2, 0.25) is 0 Å². The van der Waals surface area contributed by atoms with E-state index in [1.807, 2.05) is 30.0 Å². The van der Waals surface area contributed by atoms with E-state index in [1.165, 1.54) is 6.42 Å². The average Bonchev–Trinajstić information content (AvgIpc) is 2.29. The lowest BCUT2D eigenvalue weighted by Gasteiger charge is -2.10. The van der Waals surface area contributed by atoms with Gasteiger partial charge >= 0.3 is 7.12 Å². The Labute approximate surface area is 102 Å². The summed E-state index contributed by atoms with van der Waals surface area (Å²) in [6.07, 6.45) is 1.19. The molecule has 0 heterocycles. The van der Waals surface area contributed by atoms with E-state index in [0.717, 1.165) is 23.0 Å². The lowest BCUT2D eigenvalue weighted by atomic mass is 9.77. The van der Waals surface area contributed by atoms with Crippen LogP contribution in [0.2, 0.25) is 0 Å². The zero-order valence-electron chi connectivity index (χ0n) is 9.89. The van der Waals surface area contributed by atoms with Crippen molar-refractivity contribution >= 4 is 24.3 Å². The summed E-state index contributed by atoms with van der Waals surface area (Å²) in [6, 6.07) is 7.49. The SMILES string of the molecule is CCC(C)CSCc1ccccc1B(O)O. The van der Waals surface area contributed by atoms with Crippen molar-refractivity contribution in [2.75, 3.05) is 5.75 Å². The first kappa shape index (κ1) is 13.6. The van der Waals surface area contributed by atoms with Crippen molar-refractivity contribution in [3.05, 3.63) is 29.8 Å². The molecule has 0 bridgehead atoms. The second-order valence-electron chi connectivity index (χ2n) is 4.10. The molecule has 0 spiro atoms. The Hall–Kier alpha value is -0.445. The summed E-state index contributed by atoms with van der Waals surface area (Å²) in [5, 5.41) is 18.4. The van der Waals surface area contributed by atoms with E-state index < -0.39 is 7.12 Å². The van der Waals surface area contributed by atoms with Crippen molar-refractivity contribution in [3.8, 4) is 0 Å². The van der Waals surface area contributed by atoms with E-state index in [9.17, 15) is 10.0 Å². The summed E-state index contributed by atoms with van der Waals surface area (Å²) < 4.78 is 0. The Bertz CT molecular complexity index is 318. The van der Waals surface area contributed by atoms with Crippen LogP contribution in [0.4, 0.5) is 0 Å². The molecule has 16 heavy (non-hydrogen) atoms. The van der Waals surface area contributed by atoms with Crippen molar-refractivity contribution in [2.24, 2.45) is 5.92 Å². The van der Waals surface area contributed by atoms with E-state index in [2.05, 4.69) is 13.8 Å². The number of hydrogen-bond acceptors (Lipinski definition) is 3.